The number of halogens is 3. The molecule has 24 heavy (non-hydrogen) atoms. The molecule has 1 aromatic heterocycles. The van der Waals surface area contributed by atoms with E-state index in [2.05, 4.69) is 9.72 Å². The Morgan fingerprint density at radius 3 is 2.71 bits per heavy atom. The number of hydrogen-bond acceptors (Lipinski definition) is 5. The number of esters is 1. The van der Waals surface area contributed by atoms with Crippen molar-refractivity contribution in [2.75, 3.05) is 12.9 Å². The molecule has 130 valence electrons. The van der Waals surface area contributed by atoms with Gasteiger partial charge in [0, 0.05) is 0 Å². The minimum atomic E-state index is -4.48. The Morgan fingerprint density at radius 2 is 2.08 bits per heavy atom. The number of ether oxygens (including phenoxy) is 1. The summed E-state index contributed by atoms with van der Waals surface area (Å²) < 4.78 is 45.3. The molecule has 0 aliphatic carbocycles. The molecule has 0 bridgehead atoms. The van der Waals surface area contributed by atoms with Gasteiger partial charge in [0.1, 0.15) is 0 Å². The van der Waals surface area contributed by atoms with Crippen molar-refractivity contribution in [2.24, 2.45) is 0 Å². The first kappa shape index (κ1) is 18.3. The number of carbonyl (C=O) groups excluding carboxylic acids is 1. The Hall–Kier alpha value is -2.00. The number of hydrogen-bond donors (Lipinski definition) is 1. The Morgan fingerprint density at radius 1 is 1.38 bits per heavy atom. The van der Waals surface area contributed by atoms with Gasteiger partial charge in [-0.25, -0.2) is 4.98 Å². The normalized spacial score (nSPS) is 11.5. The molecule has 0 atom stereocenters. The topological polar surface area (TPSA) is 64.3 Å². The second-order valence-electron chi connectivity index (χ2n) is 4.80. The van der Waals surface area contributed by atoms with Crippen molar-refractivity contribution in [3.8, 4) is 0 Å². The lowest BCUT2D eigenvalue weighted by Crippen LogP contribution is -2.14. The summed E-state index contributed by atoms with van der Waals surface area (Å²) in [6.45, 7) is -0.491. The highest BCUT2D eigenvalue weighted by Crippen LogP contribution is 2.33. The van der Waals surface area contributed by atoms with Gasteiger partial charge in [-0.3, -0.25) is 4.79 Å². The van der Waals surface area contributed by atoms with Crippen LogP contribution >= 0.6 is 11.8 Å². The van der Waals surface area contributed by atoms with E-state index in [0.717, 1.165) is 17.8 Å². The fourth-order valence-electron chi connectivity index (χ4n) is 2.09. The third kappa shape index (κ3) is 4.30. The van der Waals surface area contributed by atoms with Gasteiger partial charge in [0.15, 0.2) is 5.16 Å². The minimum Gasteiger partial charge on any atom is -0.468 e. The van der Waals surface area contributed by atoms with Crippen molar-refractivity contribution in [2.45, 2.75) is 24.5 Å². The van der Waals surface area contributed by atoms with Gasteiger partial charge in [0.2, 0.25) is 0 Å². The molecule has 0 fully saturated rings. The number of imidazole rings is 1. The van der Waals surface area contributed by atoms with E-state index in [-0.39, 0.29) is 24.5 Å². The number of thioether (sulfide) groups is 1. The number of nitrogens with zero attached hydrogens (tertiary/aromatic N) is 2. The molecule has 1 N–H and O–H groups in total. The van der Waals surface area contributed by atoms with Gasteiger partial charge < -0.3 is 14.4 Å². The van der Waals surface area contributed by atoms with Crippen LogP contribution in [-0.4, -0.2) is 33.5 Å². The highest BCUT2D eigenvalue weighted by atomic mass is 32.2. The van der Waals surface area contributed by atoms with Gasteiger partial charge in [0.25, 0.3) is 0 Å². The third-order valence-electron chi connectivity index (χ3n) is 3.26. The van der Waals surface area contributed by atoms with Crippen molar-refractivity contribution in [1.29, 1.82) is 0 Å². The highest BCUT2D eigenvalue weighted by Gasteiger charge is 2.33. The lowest BCUT2D eigenvalue weighted by molar-refractivity contribution is -0.138. The number of aliphatic hydroxyl groups excluding tert-OH is 1. The second kappa shape index (κ2) is 7.71. The van der Waals surface area contributed by atoms with Crippen molar-refractivity contribution in [3.63, 3.8) is 0 Å². The molecule has 2 rings (SSSR count). The Balaban J connectivity index is 2.32. The fraction of sp³-hybridized carbons (Fsp3) is 0.333. The second-order valence-corrected chi connectivity index (χ2v) is 5.74. The SMILES string of the molecule is COC(=O)CSc1ncc(CO)n1Cc1ccccc1C(F)(F)F. The molecule has 1 heterocycles. The monoisotopic (exact) mass is 360 g/mol. The summed E-state index contributed by atoms with van der Waals surface area (Å²) in [6.07, 6.45) is -3.11. The lowest BCUT2D eigenvalue weighted by Gasteiger charge is -2.15. The molecule has 0 amide bonds. The first-order chi connectivity index (χ1) is 11.4. The maximum atomic E-state index is 13.1. The average Bonchev–Trinajstić information content (AvgIpc) is 2.94. The zero-order chi connectivity index (χ0) is 17.7. The molecule has 1 aromatic carbocycles. The zero-order valence-electron chi connectivity index (χ0n) is 12.7. The lowest BCUT2D eigenvalue weighted by atomic mass is 10.1. The summed E-state index contributed by atoms with van der Waals surface area (Å²) >= 11 is 1.03. The summed E-state index contributed by atoms with van der Waals surface area (Å²) in [7, 11) is 1.24. The van der Waals surface area contributed by atoms with Gasteiger partial charge in [-0.05, 0) is 11.6 Å². The van der Waals surface area contributed by atoms with E-state index in [1.54, 1.807) is 0 Å². The number of rotatable bonds is 6. The van der Waals surface area contributed by atoms with Crippen molar-refractivity contribution >= 4 is 17.7 Å². The molecular formula is C15H15F3N2O3S. The first-order valence-electron chi connectivity index (χ1n) is 6.86. The fourth-order valence-corrected chi connectivity index (χ4v) is 2.92. The predicted octanol–water partition coefficient (Wildman–Crippen LogP) is 2.71. The number of aliphatic hydroxyl groups is 1. The van der Waals surface area contributed by atoms with E-state index in [1.165, 1.54) is 36.1 Å². The summed E-state index contributed by atoms with van der Waals surface area (Å²) in [5.74, 6) is -0.505. The van der Waals surface area contributed by atoms with Crippen LogP contribution in [0.15, 0.2) is 35.6 Å². The highest BCUT2D eigenvalue weighted by molar-refractivity contribution is 7.99. The van der Waals surface area contributed by atoms with Crippen LogP contribution in [0.1, 0.15) is 16.8 Å². The molecule has 9 heteroatoms. The van der Waals surface area contributed by atoms with Gasteiger partial charge in [0.05, 0.1) is 43.5 Å². The summed E-state index contributed by atoms with van der Waals surface area (Å²) in [5.41, 5.74) is -0.330. The number of carbonyl (C=O) groups is 1. The maximum Gasteiger partial charge on any atom is 0.416 e. The van der Waals surface area contributed by atoms with E-state index < -0.39 is 17.7 Å². The van der Waals surface area contributed by atoms with Crippen LogP contribution in [0.2, 0.25) is 0 Å². The predicted molar refractivity (Wildman–Crippen MR) is 81.4 cm³/mol. The van der Waals surface area contributed by atoms with Crippen LogP contribution in [0.25, 0.3) is 0 Å². The molecule has 0 aliphatic heterocycles. The van der Waals surface area contributed by atoms with Gasteiger partial charge >= 0.3 is 12.1 Å². The van der Waals surface area contributed by atoms with Crippen LogP contribution in [0.3, 0.4) is 0 Å². The van der Waals surface area contributed by atoms with E-state index in [0.29, 0.717) is 10.9 Å². The number of aromatic nitrogens is 2. The number of benzene rings is 1. The largest absolute Gasteiger partial charge is 0.468 e. The van der Waals surface area contributed by atoms with Crippen molar-refractivity contribution < 1.29 is 27.8 Å². The molecule has 2 aromatic rings. The Kier molecular flexibility index (Phi) is 5.89. The molecule has 0 radical (unpaired) electrons. The van der Waals surface area contributed by atoms with Crippen molar-refractivity contribution in [1.82, 2.24) is 9.55 Å². The Bertz CT molecular complexity index is 716. The smallest absolute Gasteiger partial charge is 0.416 e. The zero-order valence-corrected chi connectivity index (χ0v) is 13.5. The van der Waals surface area contributed by atoms with Crippen LogP contribution in [0.5, 0.6) is 0 Å². The van der Waals surface area contributed by atoms with Gasteiger partial charge in [-0.2, -0.15) is 13.2 Å². The molecule has 0 spiro atoms. The molecule has 0 unspecified atom stereocenters. The quantitative estimate of drug-likeness (QED) is 0.634. The first-order valence-corrected chi connectivity index (χ1v) is 7.85. The number of alkyl halides is 3. The van der Waals surface area contributed by atoms with E-state index in [4.69, 9.17) is 0 Å². The van der Waals surface area contributed by atoms with Gasteiger partial charge in [-0.15, -0.1) is 0 Å². The summed E-state index contributed by atoms with van der Waals surface area (Å²) in [6, 6.07) is 5.21. The molecular weight excluding hydrogens is 345 g/mol. The van der Waals surface area contributed by atoms with Crippen LogP contribution < -0.4 is 0 Å². The van der Waals surface area contributed by atoms with Crippen LogP contribution in [-0.2, 0) is 28.9 Å². The van der Waals surface area contributed by atoms with Crippen LogP contribution in [0.4, 0.5) is 13.2 Å². The van der Waals surface area contributed by atoms with Crippen LogP contribution in [0, 0.1) is 0 Å². The van der Waals surface area contributed by atoms with Crippen molar-refractivity contribution in [3.05, 3.63) is 47.3 Å². The third-order valence-corrected chi connectivity index (χ3v) is 4.23. The summed E-state index contributed by atoms with van der Waals surface area (Å²) in [5, 5.41) is 9.71. The number of methoxy groups -OCH3 is 1. The maximum absolute atomic E-state index is 13.1. The molecule has 0 aliphatic rings. The molecule has 0 saturated heterocycles. The summed E-state index contributed by atoms with van der Waals surface area (Å²) in [4.78, 5) is 15.3. The molecule has 5 nitrogen and oxygen atoms in total. The van der Waals surface area contributed by atoms with E-state index >= 15 is 0 Å². The standard InChI is InChI=1S/C15H15F3N2O3S/c1-23-13(22)9-24-14-19-6-11(8-21)20(14)7-10-4-2-3-5-12(10)15(16,17)18/h2-6,21H,7-9H2,1H3. The average molecular weight is 360 g/mol. The van der Waals surface area contributed by atoms with E-state index in [9.17, 15) is 23.1 Å². The Labute approximate surface area is 140 Å². The molecule has 0 saturated carbocycles. The van der Waals surface area contributed by atoms with Gasteiger partial charge in [-0.1, -0.05) is 30.0 Å². The minimum absolute atomic E-state index is 0.0285. The van der Waals surface area contributed by atoms with E-state index in [1.807, 2.05) is 0 Å².